The van der Waals surface area contributed by atoms with Gasteiger partial charge in [-0.2, -0.15) is 4.39 Å². The van der Waals surface area contributed by atoms with Gasteiger partial charge in [0, 0.05) is 12.6 Å². The molecule has 1 aliphatic heterocycles. The molecule has 90 valence electrons. The van der Waals surface area contributed by atoms with Gasteiger partial charge in [0.2, 0.25) is 11.7 Å². The molecule has 1 aromatic carbocycles. The molecule has 1 aliphatic rings. The fourth-order valence-corrected chi connectivity index (χ4v) is 1.77. The van der Waals surface area contributed by atoms with E-state index >= 15 is 0 Å². The van der Waals surface area contributed by atoms with Crippen LogP contribution in [0, 0.1) is 15.9 Å². The number of benzene rings is 1. The summed E-state index contributed by atoms with van der Waals surface area (Å²) in [6, 6.07) is 2.77. The van der Waals surface area contributed by atoms with Crippen LogP contribution < -0.4 is 10.6 Å². The Bertz CT molecular complexity index is 492. The fourth-order valence-electron chi connectivity index (χ4n) is 1.77. The number of hydrogen-bond acceptors (Lipinski definition) is 4. The highest BCUT2D eigenvalue weighted by atomic mass is 19.1. The third-order valence-corrected chi connectivity index (χ3v) is 2.69. The maximum Gasteiger partial charge on any atom is 0.306 e. The second-order valence-corrected chi connectivity index (χ2v) is 3.78. The van der Waals surface area contributed by atoms with Gasteiger partial charge >= 0.3 is 5.69 Å². The molecular weight excluding hydrogens is 229 g/mol. The molecule has 1 fully saturated rings. The maximum atomic E-state index is 13.1. The summed E-state index contributed by atoms with van der Waals surface area (Å²) in [6.45, 7) is 0.392. The summed E-state index contributed by atoms with van der Waals surface area (Å²) in [5.41, 5.74) is 5.19. The first-order valence-electron chi connectivity index (χ1n) is 5.01. The van der Waals surface area contributed by atoms with Gasteiger partial charge in [0.1, 0.15) is 0 Å². The molecule has 6 nitrogen and oxygen atoms in total. The number of amides is 1. The molecule has 1 amide bonds. The molecule has 2 N–H and O–H groups in total. The molecular formula is C10H10FN3O3. The van der Waals surface area contributed by atoms with Crippen molar-refractivity contribution in [3.8, 4) is 0 Å². The van der Waals surface area contributed by atoms with Crippen LogP contribution in [0.4, 0.5) is 15.8 Å². The number of halogens is 1. The van der Waals surface area contributed by atoms with Crippen LogP contribution >= 0.6 is 0 Å². The second kappa shape index (κ2) is 4.10. The number of nitro groups is 1. The average molecular weight is 239 g/mol. The first-order valence-corrected chi connectivity index (χ1v) is 5.01. The van der Waals surface area contributed by atoms with Crippen LogP contribution in [0.5, 0.6) is 0 Å². The lowest BCUT2D eigenvalue weighted by atomic mass is 10.2. The Morgan fingerprint density at radius 3 is 2.76 bits per heavy atom. The van der Waals surface area contributed by atoms with Crippen LogP contribution in [-0.2, 0) is 4.79 Å². The zero-order chi connectivity index (χ0) is 12.6. The quantitative estimate of drug-likeness (QED) is 0.610. The topological polar surface area (TPSA) is 89.5 Å². The molecule has 0 saturated carbocycles. The molecule has 0 aliphatic carbocycles. The third-order valence-electron chi connectivity index (χ3n) is 2.69. The van der Waals surface area contributed by atoms with Crippen molar-refractivity contribution in [2.45, 2.75) is 12.5 Å². The summed E-state index contributed by atoms with van der Waals surface area (Å²) in [5, 5.41) is 10.6. The predicted molar refractivity (Wildman–Crippen MR) is 58.0 cm³/mol. The number of nitrogens with zero attached hydrogens (tertiary/aromatic N) is 2. The van der Waals surface area contributed by atoms with Crippen molar-refractivity contribution in [2.75, 3.05) is 11.4 Å². The van der Waals surface area contributed by atoms with E-state index in [9.17, 15) is 19.3 Å². The van der Waals surface area contributed by atoms with Crippen LogP contribution in [0.15, 0.2) is 18.2 Å². The van der Waals surface area contributed by atoms with E-state index in [-0.39, 0.29) is 5.91 Å². The van der Waals surface area contributed by atoms with Crippen LogP contribution in [-0.4, -0.2) is 23.4 Å². The lowest BCUT2D eigenvalue weighted by Gasteiger charge is -2.15. The van der Waals surface area contributed by atoms with Gasteiger partial charge < -0.3 is 10.6 Å². The standard InChI is InChI=1S/C10H10FN3O3/c11-7-2-1-6(5-9(7)14(16)17)13-4-3-8(12)10(13)15/h1-2,5,8H,3-4,12H2. The van der Waals surface area contributed by atoms with Crippen LogP contribution in [0.2, 0.25) is 0 Å². The van der Waals surface area contributed by atoms with Crippen LogP contribution in [0.3, 0.4) is 0 Å². The summed E-state index contributed by atoms with van der Waals surface area (Å²) in [4.78, 5) is 22.7. The van der Waals surface area contributed by atoms with Gasteiger partial charge in [-0.15, -0.1) is 0 Å². The fraction of sp³-hybridized carbons (Fsp3) is 0.300. The van der Waals surface area contributed by atoms with Crippen molar-refractivity contribution in [1.82, 2.24) is 0 Å². The first kappa shape index (κ1) is 11.5. The molecule has 17 heavy (non-hydrogen) atoms. The van der Waals surface area contributed by atoms with Gasteiger partial charge in [-0.3, -0.25) is 14.9 Å². The van der Waals surface area contributed by atoms with E-state index in [1.165, 1.54) is 11.0 Å². The third kappa shape index (κ3) is 1.96. The van der Waals surface area contributed by atoms with Crippen LogP contribution in [0.25, 0.3) is 0 Å². The van der Waals surface area contributed by atoms with Gasteiger partial charge in [0.15, 0.2) is 0 Å². The Balaban J connectivity index is 2.37. The molecule has 0 spiro atoms. The zero-order valence-corrected chi connectivity index (χ0v) is 8.80. The van der Waals surface area contributed by atoms with Crippen molar-refractivity contribution in [2.24, 2.45) is 5.73 Å². The molecule has 0 aromatic heterocycles. The van der Waals surface area contributed by atoms with E-state index in [4.69, 9.17) is 5.73 Å². The van der Waals surface area contributed by atoms with Gasteiger partial charge in [0.25, 0.3) is 0 Å². The number of carbonyl (C=O) groups excluding carboxylic acids is 1. The highest BCUT2D eigenvalue weighted by Gasteiger charge is 2.30. The Morgan fingerprint density at radius 1 is 1.53 bits per heavy atom. The Hall–Kier alpha value is -2.02. The number of hydrogen-bond donors (Lipinski definition) is 1. The second-order valence-electron chi connectivity index (χ2n) is 3.78. The highest BCUT2D eigenvalue weighted by molar-refractivity contribution is 5.99. The lowest BCUT2D eigenvalue weighted by Crippen LogP contribution is -2.33. The molecule has 2 rings (SSSR count). The van der Waals surface area contributed by atoms with Gasteiger partial charge in [-0.25, -0.2) is 0 Å². The smallest absolute Gasteiger partial charge is 0.306 e. The largest absolute Gasteiger partial charge is 0.320 e. The zero-order valence-electron chi connectivity index (χ0n) is 8.80. The van der Waals surface area contributed by atoms with Gasteiger partial charge in [-0.05, 0) is 18.6 Å². The number of carbonyl (C=O) groups is 1. The average Bonchev–Trinajstić information content (AvgIpc) is 2.60. The molecule has 1 saturated heterocycles. The van der Waals surface area contributed by atoms with E-state index < -0.39 is 22.5 Å². The minimum Gasteiger partial charge on any atom is -0.320 e. The number of nitrogens with two attached hydrogens (primary N) is 1. The lowest BCUT2D eigenvalue weighted by molar-refractivity contribution is -0.387. The SMILES string of the molecule is NC1CCN(c2ccc(F)c([N+](=O)[O-])c2)C1=O. The summed E-state index contributed by atoms with van der Waals surface area (Å²) < 4.78 is 13.1. The molecule has 0 bridgehead atoms. The van der Waals surface area contributed by atoms with E-state index in [2.05, 4.69) is 0 Å². The molecule has 1 atom stereocenters. The monoisotopic (exact) mass is 239 g/mol. The summed E-state index contributed by atoms with van der Waals surface area (Å²) in [6.07, 6.45) is 0.490. The van der Waals surface area contributed by atoms with E-state index in [0.29, 0.717) is 18.7 Å². The van der Waals surface area contributed by atoms with Crippen LogP contribution in [0.1, 0.15) is 6.42 Å². The number of nitro benzene ring substituents is 1. The van der Waals surface area contributed by atoms with E-state index in [0.717, 1.165) is 12.1 Å². The maximum absolute atomic E-state index is 13.1. The van der Waals surface area contributed by atoms with Crippen molar-refractivity contribution >= 4 is 17.3 Å². The molecule has 1 heterocycles. The first-order chi connectivity index (χ1) is 8.00. The molecule has 0 radical (unpaired) electrons. The molecule has 1 aromatic rings. The summed E-state index contributed by atoms with van der Waals surface area (Å²) in [7, 11) is 0. The Labute approximate surface area is 96.0 Å². The van der Waals surface area contributed by atoms with E-state index in [1.54, 1.807) is 0 Å². The molecule has 7 heteroatoms. The minimum absolute atomic E-state index is 0.300. The van der Waals surface area contributed by atoms with Crippen molar-refractivity contribution < 1.29 is 14.1 Å². The summed E-state index contributed by atoms with van der Waals surface area (Å²) in [5.74, 6) is -1.22. The number of anilines is 1. The Kier molecular flexibility index (Phi) is 2.76. The normalized spacial score (nSPS) is 19.8. The van der Waals surface area contributed by atoms with Crippen molar-refractivity contribution in [3.63, 3.8) is 0 Å². The van der Waals surface area contributed by atoms with E-state index in [1.807, 2.05) is 0 Å². The predicted octanol–water partition coefficient (Wildman–Crippen LogP) is 0.798. The van der Waals surface area contributed by atoms with Crippen molar-refractivity contribution in [1.29, 1.82) is 0 Å². The summed E-state index contributed by atoms with van der Waals surface area (Å²) >= 11 is 0. The Morgan fingerprint density at radius 2 is 2.24 bits per heavy atom. The highest BCUT2D eigenvalue weighted by Crippen LogP contribution is 2.27. The minimum atomic E-state index is -0.922. The van der Waals surface area contributed by atoms with Gasteiger partial charge in [-0.1, -0.05) is 0 Å². The number of rotatable bonds is 2. The van der Waals surface area contributed by atoms with Crippen molar-refractivity contribution in [3.05, 3.63) is 34.1 Å². The molecule has 1 unspecified atom stereocenters. The van der Waals surface area contributed by atoms with Gasteiger partial charge in [0.05, 0.1) is 16.7 Å².